The van der Waals surface area contributed by atoms with Crippen LogP contribution in [-0.2, 0) is 27.1 Å². The number of Topliss-reactive ketones (excluding diaryl/α,β-unsaturated/α-hetero) is 1. The van der Waals surface area contributed by atoms with E-state index in [4.69, 9.17) is 15.9 Å². The van der Waals surface area contributed by atoms with Crippen molar-refractivity contribution in [3.63, 3.8) is 0 Å². The number of carbonyl (C=O) groups excluding carboxylic acids is 1. The Bertz CT molecular complexity index is 763. The highest BCUT2D eigenvalue weighted by Gasteiger charge is 2.42. The Labute approximate surface area is 163 Å². The number of ketones is 1. The van der Waals surface area contributed by atoms with Gasteiger partial charge in [0.25, 0.3) is 0 Å². The van der Waals surface area contributed by atoms with Gasteiger partial charge in [0.15, 0.2) is 5.78 Å². The van der Waals surface area contributed by atoms with Gasteiger partial charge in [-0.05, 0) is 54.7 Å². The lowest BCUT2D eigenvalue weighted by Crippen LogP contribution is -2.36. The van der Waals surface area contributed by atoms with Crippen molar-refractivity contribution in [1.29, 1.82) is 0 Å². The van der Waals surface area contributed by atoms with E-state index in [9.17, 15) is 4.79 Å². The molecule has 0 unspecified atom stereocenters. The number of ether oxygens (including phenoxy) is 2. The first kappa shape index (κ1) is 19.7. The molecule has 1 fully saturated rings. The van der Waals surface area contributed by atoms with Gasteiger partial charge in [0.1, 0.15) is 12.4 Å². The highest BCUT2D eigenvalue weighted by atomic mass is 16.5. The Morgan fingerprint density at radius 3 is 2.33 bits per heavy atom. The van der Waals surface area contributed by atoms with Crippen LogP contribution >= 0.6 is 0 Å². The van der Waals surface area contributed by atoms with Gasteiger partial charge in [-0.1, -0.05) is 37.5 Å². The van der Waals surface area contributed by atoms with Crippen LogP contribution in [0.25, 0.3) is 5.57 Å². The van der Waals surface area contributed by atoms with Gasteiger partial charge in [0, 0.05) is 26.1 Å². The van der Waals surface area contributed by atoms with E-state index in [2.05, 4.69) is 38.8 Å². The SMILES string of the molecule is C#CCOC1=C(c2c(CC)cc(C)cc2CC)C(=O)CC2(CCOCC2)C1. The molecule has 3 heteroatoms. The highest BCUT2D eigenvalue weighted by Crippen LogP contribution is 2.48. The molecule has 0 atom stereocenters. The zero-order chi connectivity index (χ0) is 19.4. The first-order valence-corrected chi connectivity index (χ1v) is 10.1. The second-order valence-electron chi connectivity index (χ2n) is 7.85. The average Bonchev–Trinajstić information content (AvgIpc) is 2.66. The Morgan fingerprint density at radius 1 is 1.15 bits per heavy atom. The second-order valence-corrected chi connectivity index (χ2v) is 7.85. The van der Waals surface area contributed by atoms with E-state index in [1.807, 2.05) is 0 Å². The molecule has 0 saturated carbocycles. The van der Waals surface area contributed by atoms with Gasteiger partial charge in [-0.15, -0.1) is 6.42 Å². The van der Waals surface area contributed by atoms with Crippen molar-refractivity contribution in [2.45, 2.75) is 59.3 Å². The number of hydrogen-bond donors (Lipinski definition) is 0. The number of terminal acetylenes is 1. The molecule has 1 saturated heterocycles. The highest BCUT2D eigenvalue weighted by molar-refractivity contribution is 6.23. The summed E-state index contributed by atoms with van der Waals surface area (Å²) in [5.74, 6) is 3.56. The fourth-order valence-electron chi connectivity index (χ4n) is 4.59. The summed E-state index contributed by atoms with van der Waals surface area (Å²) >= 11 is 0. The first-order valence-electron chi connectivity index (χ1n) is 10.1. The van der Waals surface area contributed by atoms with Gasteiger partial charge in [-0.3, -0.25) is 4.79 Å². The molecular weight excluding hydrogens is 336 g/mol. The molecule has 1 aromatic rings. The van der Waals surface area contributed by atoms with Crippen LogP contribution in [0, 0.1) is 24.7 Å². The number of rotatable bonds is 5. The van der Waals surface area contributed by atoms with Crippen molar-refractivity contribution in [2.24, 2.45) is 5.41 Å². The molecule has 3 nitrogen and oxygen atoms in total. The summed E-state index contributed by atoms with van der Waals surface area (Å²) in [6.45, 7) is 8.05. The van der Waals surface area contributed by atoms with E-state index in [1.54, 1.807) is 0 Å². The zero-order valence-electron chi connectivity index (χ0n) is 16.8. The molecule has 1 spiro atoms. The summed E-state index contributed by atoms with van der Waals surface area (Å²) in [4.78, 5) is 13.4. The molecule has 144 valence electrons. The normalized spacial score (nSPS) is 19.3. The quantitative estimate of drug-likeness (QED) is 0.712. The number of allylic oxidation sites excluding steroid dienone is 2. The summed E-state index contributed by atoms with van der Waals surface area (Å²) in [6.07, 6.45) is 10.4. The second kappa shape index (κ2) is 8.31. The van der Waals surface area contributed by atoms with Gasteiger partial charge in [0.2, 0.25) is 0 Å². The molecule has 1 aliphatic carbocycles. The van der Waals surface area contributed by atoms with Gasteiger partial charge in [-0.2, -0.15) is 0 Å². The van der Waals surface area contributed by atoms with E-state index in [0.717, 1.165) is 62.2 Å². The van der Waals surface area contributed by atoms with Crippen LogP contribution in [0.3, 0.4) is 0 Å². The van der Waals surface area contributed by atoms with Crippen LogP contribution in [0.15, 0.2) is 17.9 Å². The fourth-order valence-corrected chi connectivity index (χ4v) is 4.59. The largest absolute Gasteiger partial charge is 0.485 e. The fraction of sp³-hybridized carbons (Fsp3) is 0.542. The number of benzene rings is 1. The Balaban J connectivity index is 2.15. The van der Waals surface area contributed by atoms with Crippen LogP contribution in [0.2, 0.25) is 0 Å². The number of aryl methyl sites for hydroxylation is 3. The van der Waals surface area contributed by atoms with Crippen molar-refractivity contribution in [3.05, 3.63) is 40.1 Å². The minimum Gasteiger partial charge on any atom is -0.485 e. The summed E-state index contributed by atoms with van der Waals surface area (Å²) < 4.78 is 11.6. The number of carbonyl (C=O) groups is 1. The molecule has 1 heterocycles. The van der Waals surface area contributed by atoms with Crippen LogP contribution in [-0.4, -0.2) is 25.6 Å². The molecule has 0 bridgehead atoms. The lowest BCUT2D eigenvalue weighted by molar-refractivity contribution is -0.119. The predicted molar refractivity (Wildman–Crippen MR) is 108 cm³/mol. The van der Waals surface area contributed by atoms with E-state index in [0.29, 0.717) is 6.42 Å². The summed E-state index contributed by atoms with van der Waals surface area (Å²) in [5.41, 5.74) is 5.51. The Kier molecular flexibility index (Phi) is 6.07. The van der Waals surface area contributed by atoms with Crippen molar-refractivity contribution >= 4 is 11.4 Å². The van der Waals surface area contributed by atoms with E-state index < -0.39 is 0 Å². The predicted octanol–water partition coefficient (Wildman–Crippen LogP) is 4.64. The molecule has 27 heavy (non-hydrogen) atoms. The monoisotopic (exact) mass is 366 g/mol. The van der Waals surface area contributed by atoms with E-state index in [1.165, 1.54) is 16.7 Å². The molecule has 0 radical (unpaired) electrons. The van der Waals surface area contributed by atoms with E-state index >= 15 is 0 Å². The Morgan fingerprint density at radius 2 is 1.78 bits per heavy atom. The standard InChI is InChI=1S/C24H30O3/c1-5-10-27-21-16-24(8-11-26-12-9-24)15-20(25)23(21)22-18(6-2)13-17(4)14-19(22)7-3/h1,13-14H,6-12,15-16H2,2-4H3. The summed E-state index contributed by atoms with van der Waals surface area (Å²) in [6, 6.07) is 4.40. The maximum absolute atomic E-state index is 13.4. The average molecular weight is 367 g/mol. The minimum absolute atomic E-state index is 0.0355. The molecule has 1 aliphatic heterocycles. The van der Waals surface area contributed by atoms with Gasteiger partial charge in [-0.25, -0.2) is 0 Å². The van der Waals surface area contributed by atoms with Crippen LogP contribution in [0.5, 0.6) is 0 Å². The Hall–Kier alpha value is -2.05. The summed E-state index contributed by atoms with van der Waals surface area (Å²) in [5, 5.41) is 0. The van der Waals surface area contributed by atoms with Gasteiger partial charge >= 0.3 is 0 Å². The smallest absolute Gasteiger partial charge is 0.167 e. The molecule has 0 amide bonds. The van der Waals surface area contributed by atoms with Gasteiger partial charge in [0.05, 0.1) is 5.57 Å². The van der Waals surface area contributed by atoms with Crippen molar-refractivity contribution < 1.29 is 14.3 Å². The van der Waals surface area contributed by atoms with E-state index in [-0.39, 0.29) is 17.8 Å². The number of hydrogen-bond acceptors (Lipinski definition) is 3. The van der Waals surface area contributed by atoms with Crippen LogP contribution < -0.4 is 0 Å². The third-order valence-corrected chi connectivity index (χ3v) is 5.97. The third-order valence-electron chi connectivity index (χ3n) is 5.97. The minimum atomic E-state index is -0.0355. The van der Waals surface area contributed by atoms with Crippen LogP contribution in [0.1, 0.15) is 61.8 Å². The van der Waals surface area contributed by atoms with Crippen molar-refractivity contribution in [2.75, 3.05) is 19.8 Å². The lowest BCUT2D eigenvalue weighted by atomic mass is 9.67. The third kappa shape index (κ3) is 3.96. The van der Waals surface area contributed by atoms with Gasteiger partial charge < -0.3 is 9.47 Å². The maximum atomic E-state index is 13.4. The molecule has 0 aromatic heterocycles. The topological polar surface area (TPSA) is 35.5 Å². The first-order chi connectivity index (χ1) is 13.0. The van der Waals surface area contributed by atoms with Crippen molar-refractivity contribution in [3.8, 4) is 12.3 Å². The molecule has 3 rings (SSSR count). The lowest BCUT2D eigenvalue weighted by Gasteiger charge is -2.41. The maximum Gasteiger partial charge on any atom is 0.167 e. The molecule has 1 aromatic carbocycles. The molecular formula is C24H30O3. The zero-order valence-corrected chi connectivity index (χ0v) is 16.8. The van der Waals surface area contributed by atoms with Crippen molar-refractivity contribution in [1.82, 2.24) is 0 Å². The summed E-state index contributed by atoms with van der Waals surface area (Å²) in [7, 11) is 0. The van der Waals surface area contributed by atoms with Crippen LogP contribution in [0.4, 0.5) is 0 Å². The molecule has 0 N–H and O–H groups in total. The molecule has 2 aliphatic rings.